The molecule has 0 bridgehead atoms. The first-order valence-electron chi connectivity index (χ1n) is 6.81. The number of hydrogen-bond donors (Lipinski definition) is 1. The van der Waals surface area contributed by atoms with E-state index in [4.69, 9.17) is 19.9 Å². The fourth-order valence-corrected chi connectivity index (χ4v) is 1.44. The molecule has 0 aliphatic carbocycles. The normalized spacial score (nSPS) is 13.4. The Morgan fingerprint density at radius 3 is 2.20 bits per heavy atom. The largest absolute Gasteiger partial charge is 0.494 e. The van der Waals surface area contributed by atoms with Gasteiger partial charge >= 0.3 is 5.97 Å². The summed E-state index contributed by atoms with van der Waals surface area (Å²) in [6, 6.07) is 7.21. The van der Waals surface area contributed by atoms with Crippen LogP contribution in [0.3, 0.4) is 0 Å². The molecule has 20 heavy (non-hydrogen) atoms. The summed E-state index contributed by atoms with van der Waals surface area (Å²) in [5.41, 5.74) is 4.71. The van der Waals surface area contributed by atoms with Crippen molar-refractivity contribution in [1.82, 2.24) is 0 Å². The molecule has 0 saturated heterocycles. The van der Waals surface area contributed by atoms with Gasteiger partial charge < -0.3 is 19.9 Å². The minimum atomic E-state index is -1.16. The third-order valence-corrected chi connectivity index (χ3v) is 2.58. The van der Waals surface area contributed by atoms with Crippen molar-refractivity contribution in [3.63, 3.8) is 0 Å². The number of carbonyl (C=O) groups is 1. The summed E-state index contributed by atoms with van der Waals surface area (Å²) < 4.78 is 15.9. The van der Waals surface area contributed by atoms with Crippen molar-refractivity contribution in [1.29, 1.82) is 0 Å². The second kappa shape index (κ2) is 7.75. The SMILES string of the molecule is CCCOc1ccc(OCC(C)(N)C(=O)OCC)cc1. The monoisotopic (exact) mass is 281 g/mol. The van der Waals surface area contributed by atoms with Crippen molar-refractivity contribution >= 4 is 5.97 Å². The molecule has 1 aromatic rings. The highest BCUT2D eigenvalue weighted by Gasteiger charge is 2.31. The minimum Gasteiger partial charge on any atom is -0.494 e. The lowest BCUT2D eigenvalue weighted by molar-refractivity contribution is -0.150. The maximum atomic E-state index is 11.6. The third kappa shape index (κ3) is 5.09. The van der Waals surface area contributed by atoms with Gasteiger partial charge in [-0.25, -0.2) is 4.79 Å². The van der Waals surface area contributed by atoms with Crippen LogP contribution < -0.4 is 15.2 Å². The Kier molecular flexibility index (Phi) is 6.31. The average molecular weight is 281 g/mol. The molecule has 0 radical (unpaired) electrons. The van der Waals surface area contributed by atoms with Crippen molar-refractivity contribution in [2.75, 3.05) is 19.8 Å². The summed E-state index contributed by atoms with van der Waals surface area (Å²) in [7, 11) is 0. The molecule has 0 fully saturated rings. The predicted molar refractivity (Wildman–Crippen MR) is 76.9 cm³/mol. The predicted octanol–water partition coefficient (Wildman–Crippen LogP) is 2.13. The van der Waals surface area contributed by atoms with Gasteiger partial charge in [-0.05, 0) is 44.5 Å². The van der Waals surface area contributed by atoms with Gasteiger partial charge in [-0.1, -0.05) is 6.92 Å². The molecule has 5 heteroatoms. The van der Waals surface area contributed by atoms with Crippen molar-refractivity contribution in [3.05, 3.63) is 24.3 Å². The van der Waals surface area contributed by atoms with Crippen LogP contribution in [-0.2, 0) is 9.53 Å². The highest BCUT2D eigenvalue weighted by molar-refractivity contribution is 5.80. The van der Waals surface area contributed by atoms with Crippen LogP contribution in [-0.4, -0.2) is 31.3 Å². The Hall–Kier alpha value is -1.75. The van der Waals surface area contributed by atoms with Gasteiger partial charge in [-0.15, -0.1) is 0 Å². The molecule has 112 valence electrons. The van der Waals surface area contributed by atoms with E-state index in [2.05, 4.69) is 6.92 Å². The molecule has 0 saturated carbocycles. The molecule has 1 aromatic carbocycles. The molecule has 0 heterocycles. The maximum absolute atomic E-state index is 11.6. The van der Waals surface area contributed by atoms with Gasteiger partial charge in [0.1, 0.15) is 23.6 Å². The van der Waals surface area contributed by atoms with Crippen molar-refractivity contribution in [3.8, 4) is 11.5 Å². The lowest BCUT2D eigenvalue weighted by atomic mass is 10.1. The Morgan fingerprint density at radius 1 is 1.15 bits per heavy atom. The Balaban J connectivity index is 2.50. The highest BCUT2D eigenvalue weighted by Crippen LogP contribution is 2.18. The van der Waals surface area contributed by atoms with E-state index < -0.39 is 11.5 Å². The molecule has 1 rings (SSSR count). The molecule has 0 spiro atoms. The van der Waals surface area contributed by atoms with Gasteiger partial charge in [-0.3, -0.25) is 0 Å². The topological polar surface area (TPSA) is 70.8 Å². The number of hydrogen-bond acceptors (Lipinski definition) is 5. The fraction of sp³-hybridized carbons (Fsp3) is 0.533. The zero-order valence-corrected chi connectivity index (χ0v) is 12.3. The molecular weight excluding hydrogens is 258 g/mol. The van der Waals surface area contributed by atoms with Gasteiger partial charge in [0.15, 0.2) is 0 Å². The molecular formula is C15H23NO4. The molecule has 5 nitrogen and oxygen atoms in total. The summed E-state index contributed by atoms with van der Waals surface area (Å²) in [6.45, 7) is 6.42. The van der Waals surface area contributed by atoms with Crippen LogP contribution >= 0.6 is 0 Å². The molecule has 0 aliphatic heterocycles. The second-order valence-electron chi connectivity index (χ2n) is 4.75. The van der Waals surface area contributed by atoms with E-state index in [1.165, 1.54) is 0 Å². The third-order valence-electron chi connectivity index (χ3n) is 2.58. The van der Waals surface area contributed by atoms with Gasteiger partial charge in [0.05, 0.1) is 13.2 Å². The van der Waals surface area contributed by atoms with Gasteiger partial charge in [0.25, 0.3) is 0 Å². The maximum Gasteiger partial charge on any atom is 0.329 e. The molecule has 1 unspecified atom stereocenters. The summed E-state index contributed by atoms with van der Waals surface area (Å²) in [5, 5.41) is 0. The van der Waals surface area contributed by atoms with Crippen molar-refractivity contribution < 1.29 is 19.0 Å². The van der Waals surface area contributed by atoms with Crippen LogP contribution in [0, 0.1) is 0 Å². The van der Waals surface area contributed by atoms with E-state index >= 15 is 0 Å². The second-order valence-corrected chi connectivity index (χ2v) is 4.75. The van der Waals surface area contributed by atoms with Crippen LogP contribution in [0.2, 0.25) is 0 Å². The number of ether oxygens (including phenoxy) is 3. The zero-order valence-electron chi connectivity index (χ0n) is 12.3. The first kappa shape index (κ1) is 16.3. The lowest BCUT2D eigenvalue weighted by Crippen LogP contribution is -2.51. The fourth-order valence-electron chi connectivity index (χ4n) is 1.44. The number of carbonyl (C=O) groups excluding carboxylic acids is 1. The lowest BCUT2D eigenvalue weighted by Gasteiger charge is -2.22. The van der Waals surface area contributed by atoms with Crippen LogP contribution in [0.1, 0.15) is 27.2 Å². The van der Waals surface area contributed by atoms with E-state index in [1.54, 1.807) is 26.0 Å². The smallest absolute Gasteiger partial charge is 0.329 e. The van der Waals surface area contributed by atoms with Crippen molar-refractivity contribution in [2.24, 2.45) is 5.73 Å². The average Bonchev–Trinajstić information content (AvgIpc) is 2.44. The zero-order chi connectivity index (χ0) is 15.0. The van der Waals surface area contributed by atoms with E-state index in [-0.39, 0.29) is 6.61 Å². The van der Waals surface area contributed by atoms with Crippen LogP contribution in [0.4, 0.5) is 0 Å². The Morgan fingerprint density at radius 2 is 1.70 bits per heavy atom. The van der Waals surface area contributed by atoms with E-state index in [0.717, 1.165) is 12.2 Å². The molecule has 0 aliphatic rings. The van der Waals surface area contributed by atoms with Crippen LogP contribution in [0.25, 0.3) is 0 Å². The first-order chi connectivity index (χ1) is 9.49. The summed E-state index contributed by atoms with van der Waals surface area (Å²) in [5.74, 6) is 0.956. The van der Waals surface area contributed by atoms with E-state index in [1.807, 2.05) is 12.1 Å². The van der Waals surface area contributed by atoms with Crippen molar-refractivity contribution in [2.45, 2.75) is 32.7 Å². The molecule has 0 amide bonds. The quantitative estimate of drug-likeness (QED) is 0.739. The molecule has 1 atom stereocenters. The Bertz CT molecular complexity index is 414. The standard InChI is InChI=1S/C15H23NO4/c1-4-10-19-12-6-8-13(9-7-12)20-11-15(3,16)14(17)18-5-2/h6-9H,4-5,10-11,16H2,1-3H3. The van der Waals surface area contributed by atoms with Crippen LogP contribution in [0.15, 0.2) is 24.3 Å². The minimum absolute atomic E-state index is 0.0565. The molecule has 2 N–H and O–H groups in total. The Labute approximate surface area is 120 Å². The summed E-state index contributed by atoms with van der Waals surface area (Å²) >= 11 is 0. The molecule has 0 aromatic heterocycles. The number of benzene rings is 1. The number of nitrogens with two attached hydrogens (primary N) is 1. The van der Waals surface area contributed by atoms with Gasteiger partial charge in [0, 0.05) is 0 Å². The number of esters is 1. The summed E-state index contributed by atoms with van der Waals surface area (Å²) in [4.78, 5) is 11.6. The van der Waals surface area contributed by atoms with Gasteiger partial charge in [-0.2, -0.15) is 0 Å². The first-order valence-corrected chi connectivity index (χ1v) is 6.81. The van der Waals surface area contributed by atoms with E-state index in [9.17, 15) is 4.79 Å². The number of rotatable bonds is 8. The summed E-state index contributed by atoms with van der Waals surface area (Å²) in [6.07, 6.45) is 0.962. The highest BCUT2D eigenvalue weighted by atomic mass is 16.5. The van der Waals surface area contributed by atoms with E-state index in [0.29, 0.717) is 19.0 Å². The van der Waals surface area contributed by atoms with Crippen LogP contribution in [0.5, 0.6) is 11.5 Å². The van der Waals surface area contributed by atoms with Gasteiger partial charge in [0.2, 0.25) is 0 Å².